The lowest BCUT2D eigenvalue weighted by Gasteiger charge is -2.06. The van der Waals surface area contributed by atoms with E-state index in [2.05, 4.69) is 80.8 Å². The van der Waals surface area contributed by atoms with Gasteiger partial charge in [0.1, 0.15) is 0 Å². The van der Waals surface area contributed by atoms with Gasteiger partial charge in [0.15, 0.2) is 11.3 Å². The number of aliphatic hydroxyl groups is 1. The van der Waals surface area contributed by atoms with Crippen LogP contribution in [0.25, 0.3) is 33.5 Å². The van der Waals surface area contributed by atoms with Crippen molar-refractivity contribution < 1.29 is 9.84 Å². The Bertz CT molecular complexity index is 2640. The van der Waals surface area contributed by atoms with Crippen molar-refractivity contribution in [1.82, 2.24) is 29.2 Å². The van der Waals surface area contributed by atoms with Crippen LogP contribution in [0.5, 0.6) is 0 Å². The van der Waals surface area contributed by atoms with Crippen molar-refractivity contribution in [2.75, 3.05) is 13.2 Å². The second kappa shape index (κ2) is 21.2. The molecule has 0 atom stereocenters. The number of aryl methyl sites for hydroxylation is 3. The van der Waals surface area contributed by atoms with Gasteiger partial charge in [-0.15, -0.1) is 0 Å². The van der Waals surface area contributed by atoms with Crippen molar-refractivity contribution in [3.8, 4) is 22.3 Å². The molecule has 10 nitrogen and oxygen atoms in total. The molecule has 8 rings (SSSR count). The van der Waals surface area contributed by atoms with Crippen molar-refractivity contribution in [1.29, 1.82) is 0 Å². The van der Waals surface area contributed by atoms with Gasteiger partial charge in [0, 0.05) is 59.9 Å². The van der Waals surface area contributed by atoms with Crippen LogP contribution in [-0.2, 0) is 11.3 Å². The average molecular weight is 815 g/mol. The summed E-state index contributed by atoms with van der Waals surface area (Å²) in [6.45, 7) is 14.1. The Balaban J connectivity index is 0.000000205. The molecule has 12 heteroatoms. The van der Waals surface area contributed by atoms with Gasteiger partial charge in [0.2, 0.25) is 0 Å². The van der Waals surface area contributed by atoms with Crippen LogP contribution in [0, 0.1) is 20.8 Å². The molecular formula is C46H50N6O4S2. The van der Waals surface area contributed by atoms with Gasteiger partial charge in [-0.05, 0) is 80.4 Å². The fourth-order valence-corrected chi connectivity index (χ4v) is 7.77. The highest BCUT2D eigenvalue weighted by Crippen LogP contribution is 2.33. The van der Waals surface area contributed by atoms with Crippen LogP contribution in [0.15, 0.2) is 150 Å². The number of ether oxygens (including phenoxy) is 1. The van der Waals surface area contributed by atoms with Crippen LogP contribution in [-0.4, -0.2) is 47.5 Å². The van der Waals surface area contributed by atoms with Crippen LogP contribution in [0.1, 0.15) is 50.5 Å². The summed E-state index contributed by atoms with van der Waals surface area (Å²) < 4.78 is 8.28. The molecule has 4 heterocycles. The largest absolute Gasteiger partial charge is 0.394 e. The summed E-state index contributed by atoms with van der Waals surface area (Å²) >= 11 is 3.43. The van der Waals surface area contributed by atoms with Gasteiger partial charge in [-0.25, -0.2) is 19.0 Å². The fraction of sp³-hybridized carbons (Fsp3) is 0.217. The van der Waals surface area contributed by atoms with Crippen molar-refractivity contribution in [2.24, 2.45) is 0 Å². The van der Waals surface area contributed by atoms with Crippen LogP contribution in [0.4, 0.5) is 0 Å². The number of hydrogen-bond acceptors (Lipinski definition) is 8. The Hall–Kier alpha value is -5.66. The molecule has 0 aliphatic rings. The SMILES string of the molecule is CC.CC.Cc1[nH]n2c(=O)cc(COCCO)nc2c1-c1ccc(Sc2ccccc2)cc1.Cc1cc(=O)n2[nH]c(C)c(-c3ccc(Sc4ccccc4)cc3)c2n1. The molecule has 4 aromatic carbocycles. The molecule has 58 heavy (non-hydrogen) atoms. The van der Waals surface area contributed by atoms with Crippen LogP contribution in [0.2, 0.25) is 0 Å². The standard InChI is InChI=1S/C22H21N3O3S.C20H17N3OS.2C2H6/c1-15-21(16-7-9-19(10-8-16)29-18-5-3-2-4-6-18)22-23-17(14-28-12-11-26)13-20(27)25(22)24-15;1-13-12-18(24)23-20(21-13)19(14(2)22-23)15-8-10-17(11-9-15)25-16-6-4-3-5-7-16;2*1-2/h2-10,13,24,26H,11-12,14H2,1H3;3-12,22H,1-2H3;2*1-2H3. The summed E-state index contributed by atoms with van der Waals surface area (Å²) in [5, 5.41) is 15.1. The molecule has 0 saturated carbocycles. The first-order valence-corrected chi connectivity index (χ1v) is 21.0. The summed E-state index contributed by atoms with van der Waals surface area (Å²) in [7, 11) is 0. The summed E-state index contributed by atoms with van der Waals surface area (Å²) in [6.07, 6.45) is 0. The van der Waals surface area contributed by atoms with E-state index in [9.17, 15) is 9.59 Å². The maximum Gasteiger partial charge on any atom is 0.273 e. The zero-order chi connectivity index (χ0) is 41.6. The van der Waals surface area contributed by atoms with Gasteiger partial charge in [0.25, 0.3) is 11.1 Å². The van der Waals surface area contributed by atoms with Crippen molar-refractivity contribution in [3.05, 3.63) is 165 Å². The maximum atomic E-state index is 12.5. The van der Waals surface area contributed by atoms with Gasteiger partial charge < -0.3 is 9.84 Å². The third-order valence-electron chi connectivity index (χ3n) is 8.50. The van der Waals surface area contributed by atoms with Crippen molar-refractivity contribution >= 4 is 34.8 Å². The number of fused-ring (bicyclic) bond motifs is 2. The Kier molecular flexibility index (Phi) is 15.9. The summed E-state index contributed by atoms with van der Waals surface area (Å²) in [5.74, 6) is 0. The molecule has 0 aliphatic heterocycles. The minimum atomic E-state index is -0.191. The number of nitrogens with one attached hydrogen (secondary N) is 2. The molecule has 8 aromatic rings. The first-order valence-electron chi connectivity index (χ1n) is 19.3. The van der Waals surface area contributed by atoms with E-state index in [1.165, 1.54) is 35.8 Å². The van der Waals surface area contributed by atoms with Crippen molar-refractivity contribution in [2.45, 2.75) is 74.7 Å². The Morgan fingerprint density at radius 3 is 1.45 bits per heavy atom. The normalized spacial score (nSPS) is 10.6. The lowest BCUT2D eigenvalue weighted by atomic mass is 10.1. The molecule has 0 fully saturated rings. The van der Waals surface area contributed by atoms with E-state index in [1.54, 1.807) is 23.5 Å². The molecule has 0 bridgehead atoms. The quantitative estimate of drug-likeness (QED) is 0.116. The molecule has 0 amide bonds. The summed E-state index contributed by atoms with van der Waals surface area (Å²) in [6, 6.07) is 40.1. The smallest absolute Gasteiger partial charge is 0.273 e. The minimum Gasteiger partial charge on any atom is -0.394 e. The lowest BCUT2D eigenvalue weighted by Crippen LogP contribution is -2.16. The molecule has 0 spiro atoms. The summed E-state index contributed by atoms with van der Waals surface area (Å²) in [5.41, 5.74) is 7.92. The number of benzene rings is 4. The molecule has 3 N–H and O–H groups in total. The number of hydrogen-bond donors (Lipinski definition) is 3. The van der Waals surface area contributed by atoms with Crippen molar-refractivity contribution in [3.63, 3.8) is 0 Å². The van der Waals surface area contributed by atoms with Gasteiger partial charge in [-0.2, -0.15) is 0 Å². The predicted molar refractivity (Wildman–Crippen MR) is 237 cm³/mol. The Morgan fingerprint density at radius 1 is 0.586 bits per heavy atom. The minimum absolute atomic E-state index is 0.0664. The highest BCUT2D eigenvalue weighted by molar-refractivity contribution is 7.99. The molecule has 4 aromatic heterocycles. The highest BCUT2D eigenvalue weighted by atomic mass is 32.2. The van der Waals surface area contributed by atoms with Crippen LogP contribution < -0.4 is 11.1 Å². The first kappa shape index (κ1) is 43.5. The molecule has 0 unspecified atom stereocenters. The number of aliphatic hydroxyl groups excluding tert-OH is 1. The van der Waals surface area contributed by atoms with Crippen LogP contribution in [0.3, 0.4) is 0 Å². The van der Waals surface area contributed by atoms with E-state index in [-0.39, 0.29) is 30.9 Å². The molecule has 0 aliphatic carbocycles. The molecule has 0 radical (unpaired) electrons. The highest BCUT2D eigenvalue weighted by Gasteiger charge is 2.16. The van der Waals surface area contributed by atoms with Crippen LogP contribution >= 0.6 is 23.5 Å². The number of aromatic amines is 2. The average Bonchev–Trinajstić information content (AvgIpc) is 3.77. The Labute approximate surface area is 347 Å². The number of H-pyrrole nitrogens is 2. The van der Waals surface area contributed by atoms with E-state index in [1.807, 2.05) is 97.0 Å². The third kappa shape index (κ3) is 10.6. The molecular weight excluding hydrogens is 765 g/mol. The van der Waals surface area contributed by atoms with E-state index < -0.39 is 0 Å². The second-order valence-corrected chi connectivity index (χ2v) is 14.8. The fourth-order valence-electron chi connectivity index (χ4n) is 6.10. The number of rotatable bonds is 10. The topological polar surface area (TPSA) is 130 Å². The number of aromatic nitrogens is 6. The number of nitrogens with zero attached hydrogens (tertiary/aromatic N) is 4. The Morgan fingerprint density at radius 2 is 1.00 bits per heavy atom. The maximum absolute atomic E-state index is 12.5. The zero-order valence-corrected chi connectivity index (χ0v) is 35.6. The van der Waals surface area contributed by atoms with E-state index in [0.29, 0.717) is 17.0 Å². The lowest BCUT2D eigenvalue weighted by molar-refractivity contribution is 0.0797. The van der Waals surface area contributed by atoms with Gasteiger partial charge in [0.05, 0.1) is 25.5 Å². The molecule has 300 valence electrons. The van der Waals surface area contributed by atoms with E-state index in [0.717, 1.165) is 44.2 Å². The summed E-state index contributed by atoms with van der Waals surface area (Å²) in [4.78, 5) is 38.5. The van der Waals surface area contributed by atoms with E-state index >= 15 is 0 Å². The van der Waals surface area contributed by atoms with Gasteiger partial charge in [-0.1, -0.05) is 112 Å². The first-order chi connectivity index (χ1) is 28.3. The monoisotopic (exact) mass is 814 g/mol. The van der Waals surface area contributed by atoms with Gasteiger partial charge >= 0.3 is 0 Å². The zero-order valence-electron chi connectivity index (χ0n) is 33.9. The predicted octanol–water partition coefficient (Wildman–Crippen LogP) is 10.2. The second-order valence-electron chi connectivity index (χ2n) is 12.5. The molecule has 0 saturated heterocycles. The third-order valence-corrected chi connectivity index (χ3v) is 10.5. The van der Waals surface area contributed by atoms with Gasteiger partial charge in [-0.3, -0.25) is 19.8 Å². The van der Waals surface area contributed by atoms with E-state index in [4.69, 9.17) is 9.84 Å².